The van der Waals surface area contributed by atoms with Crippen LogP contribution in [0, 0.1) is 0 Å². The van der Waals surface area contributed by atoms with Crippen molar-refractivity contribution in [1.82, 2.24) is 5.32 Å². The van der Waals surface area contributed by atoms with Crippen molar-refractivity contribution in [3.63, 3.8) is 0 Å². The number of allylic oxidation sites excluding steroid dienone is 5. The number of aliphatic hydroxyl groups is 2. The summed E-state index contributed by atoms with van der Waals surface area (Å²) in [5.41, 5.74) is 0. The van der Waals surface area contributed by atoms with Crippen molar-refractivity contribution >= 4 is 11.9 Å². The Morgan fingerprint density at radius 2 is 0.667 bits per heavy atom. The van der Waals surface area contributed by atoms with Gasteiger partial charge in [-0.1, -0.05) is 326 Å². The minimum absolute atomic E-state index is 0.0104. The van der Waals surface area contributed by atoms with Crippen LogP contribution >= 0.6 is 0 Å². The third-order valence-corrected chi connectivity index (χ3v) is 15.7. The molecule has 0 fully saturated rings. The van der Waals surface area contributed by atoms with Crippen molar-refractivity contribution in [2.75, 3.05) is 13.2 Å². The predicted molar refractivity (Wildman–Crippen MR) is 329 cm³/mol. The maximum Gasteiger partial charge on any atom is 0.305 e. The SMILES string of the molecule is CCCCCCCCCCCCCCCCCCC/C=C/C(O)C(CO)NC(=O)CCCCCCCCC/C=C\C/C=C\CCCCCCCCCCCOC(=O)CCCCCCCCCCCCCCCCCC. The van der Waals surface area contributed by atoms with E-state index in [9.17, 15) is 19.8 Å². The van der Waals surface area contributed by atoms with E-state index >= 15 is 0 Å². The Morgan fingerprint density at radius 1 is 0.373 bits per heavy atom. The van der Waals surface area contributed by atoms with Gasteiger partial charge in [0.05, 0.1) is 25.4 Å². The molecular formula is C69H131NO5. The Bertz CT molecular complexity index is 1210. The van der Waals surface area contributed by atoms with Gasteiger partial charge in [-0.3, -0.25) is 9.59 Å². The van der Waals surface area contributed by atoms with E-state index < -0.39 is 12.1 Å². The Kier molecular flexibility index (Phi) is 63.0. The number of amides is 1. The van der Waals surface area contributed by atoms with Crippen molar-refractivity contribution in [1.29, 1.82) is 0 Å². The first kappa shape index (κ1) is 73.1. The lowest BCUT2D eigenvalue weighted by molar-refractivity contribution is -0.143. The molecule has 442 valence electrons. The molecule has 0 spiro atoms. The van der Waals surface area contributed by atoms with Gasteiger partial charge in [0, 0.05) is 12.8 Å². The second-order valence-electron chi connectivity index (χ2n) is 23.2. The Labute approximate surface area is 468 Å². The quantitative estimate of drug-likeness (QED) is 0.0320. The second kappa shape index (κ2) is 64.6. The number of hydrogen-bond acceptors (Lipinski definition) is 5. The molecule has 0 aliphatic carbocycles. The lowest BCUT2D eigenvalue weighted by atomic mass is 10.0. The summed E-state index contributed by atoms with van der Waals surface area (Å²) in [6, 6.07) is -0.636. The lowest BCUT2D eigenvalue weighted by Crippen LogP contribution is -2.45. The minimum Gasteiger partial charge on any atom is -0.466 e. The van der Waals surface area contributed by atoms with Gasteiger partial charge in [0.1, 0.15) is 0 Å². The minimum atomic E-state index is -0.852. The van der Waals surface area contributed by atoms with Crippen molar-refractivity contribution in [2.24, 2.45) is 0 Å². The third kappa shape index (κ3) is 61.2. The zero-order valence-corrected chi connectivity index (χ0v) is 50.5. The molecule has 0 aromatic rings. The van der Waals surface area contributed by atoms with Gasteiger partial charge in [0.2, 0.25) is 5.91 Å². The molecule has 2 unspecified atom stereocenters. The van der Waals surface area contributed by atoms with Crippen LogP contribution in [0.4, 0.5) is 0 Å². The Hall–Kier alpha value is -1.92. The maximum absolute atomic E-state index is 12.5. The van der Waals surface area contributed by atoms with Gasteiger partial charge >= 0.3 is 5.97 Å². The largest absolute Gasteiger partial charge is 0.466 e. The average molecular weight is 1050 g/mol. The van der Waals surface area contributed by atoms with Crippen LogP contribution in [0.15, 0.2) is 36.5 Å². The maximum atomic E-state index is 12.5. The molecule has 6 nitrogen and oxygen atoms in total. The Morgan fingerprint density at radius 3 is 1.01 bits per heavy atom. The summed E-state index contributed by atoms with van der Waals surface area (Å²) in [6.45, 7) is 4.93. The van der Waals surface area contributed by atoms with Crippen LogP contribution in [-0.2, 0) is 14.3 Å². The molecule has 0 aromatic carbocycles. The van der Waals surface area contributed by atoms with Gasteiger partial charge in [-0.2, -0.15) is 0 Å². The molecule has 2 atom stereocenters. The number of nitrogens with one attached hydrogen (secondary N) is 1. The van der Waals surface area contributed by atoms with Gasteiger partial charge in [-0.25, -0.2) is 0 Å². The van der Waals surface area contributed by atoms with Crippen LogP contribution < -0.4 is 5.32 Å². The van der Waals surface area contributed by atoms with Crippen molar-refractivity contribution < 1.29 is 24.5 Å². The van der Waals surface area contributed by atoms with Crippen molar-refractivity contribution in [2.45, 2.75) is 379 Å². The van der Waals surface area contributed by atoms with E-state index in [-0.39, 0.29) is 18.5 Å². The smallest absolute Gasteiger partial charge is 0.305 e. The van der Waals surface area contributed by atoms with E-state index in [2.05, 4.69) is 43.5 Å². The van der Waals surface area contributed by atoms with Crippen LogP contribution in [0.1, 0.15) is 367 Å². The van der Waals surface area contributed by atoms with Crippen LogP contribution in [-0.4, -0.2) is 47.4 Å². The fourth-order valence-corrected chi connectivity index (χ4v) is 10.5. The molecule has 0 aliphatic heterocycles. The van der Waals surface area contributed by atoms with E-state index in [1.807, 2.05) is 6.08 Å². The van der Waals surface area contributed by atoms with Crippen molar-refractivity contribution in [3.8, 4) is 0 Å². The summed E-state index contributed by atoms with van der Waals surface area (Å²) in [7, 11) is 0. The first-order chi connectivity index (χ1) is 37.0. The Balaban J connectivity index is 3.46. The van der Waals surface area contributed by atoms with Crippen molar-refractivity contribution in [3.05, 3.63) is 36.5 Å². The number of esters is 1. The molecule has 0 aliphatic rings. The second-order valence-corrected chi connectivity index (χ2v) is 23.2. The van der Waals surface area contributed by atoms with E-state index in [1.165, 1.54) is 283 Å². The van der Waals surface area contributed by atoms with Crippen LogP contribution in [0.2, 0.25) is 0 Å². The predicted octanol–water partition coefficient (Wildman–Crippen LogP) is 21.5. The summed E-state index contributed by atoms with van der Waals surface area (Å²) in [5.74, 6) is -0.0654. The van der Waals surface area contributed by atoms with Crippen LogP contribution in [0.25, 0.3) is 0 Å². The molecule has 0 saturated carbocycles. The third-order valence-electron chi connectivity index (χ3n) is 15.7. The average Bonchev–Trinajstić information content (AvgIpc) is 3.41. The molecule has 0 saturated heterocycles. The number of rotatable bonds is 63. The lowest BCUT2D eigenvalue weighted by Gasteiger charge is -2.20. The number of ether oxygens (including phenoxy) is 1. The molecule has 6 heteroatoms. The van der Waals surface area contributed by atoms with E-state index in [4.69, 9.17) is 4.74 Å². The summed E-state index contributed by atoms with van der Waals surface area (Å²) in [6.07, 6.45) is 82.0. The highest BCUT2D eigenvalue weighted by atomic mass is 16.5. The molecule has 3 N–H and O–H groups in total. The number of aliphatic hydroxyl groups excluding tert-OH is 2. The fraction of sp³-hybridized carbons (Fsp3) is 0.884. The van der Waals surface area contributed by atoms with Gasteiger partial charge in [-0.05, 0) is 64.2 Å². The summed E-state index contributed by atoms with van der Waals surface area (Å²) < 4.78 is 5.49. The van der Waals surface area contributed by atoms with E-state index in [1.54, 1.807) is 6.08 Å². The van der Waals surface area contributed by atoms with Gasteiger partial charge in [0.25, 0.3) is 0 Å². The van der Waals surface area contributed by atoms with Crippen LogP contribution in [0.5, 0.6) is 0 Å². The number of carbonyl (C=O) groups is 2. The molecule has 0 heterocycles. The van der Waals surface area contributed by atoms with Gasteiger partial charge in [0.15, 0.2) is 0 Å². The zero-order valence-electron chi connectivity index (χ0n) is 50.5. The normalized spacial score (nSPS) is 12.7. The number of unbranched alkanes of at least 4 members (excludes halogenated alkanes) is 48. The topological polar surface area (TPSA) is 95.9 Å². The van der Waals surface area contributed by atoms with E-state index in [0.717, 1.165) is 57.8 Å². The molecule has 1 amide bonds. The first-order valence-electron chi connectivity index (χ1n) is 33.8. The molecular weight excluding hydrogens is 923 g/mol. The molecule has 0 radical (unpaired) electrons. The zero-order chi connectivity index (χ0) is 54.3. The molecule has 75 heavy (non-hydrogen) atoms. The summed E-state index contributed by atoms with van der Waals surface area (Å²) in [4.78, 5) is 24.6. The number of hydrogen-bond donors (Lipinski definition) is 3. The van der Waals surface area contributed by atoms with Gasteiger partial charge < -0.3 is 20.3 Å². The molecule has 0 bridgehead atoms. The first-order valence-corrected chi connectivity index (χ1v) is 33.8. The molecule has 0 rings (SSSR count). The molecule has 0 aromatic heterocycles. The fourth-order valence-electron chi connectivity index (χ4n) is 10.5. The highest BCUT2D eigenvalue weighted by Crippen LogP contribution is 2.18. The standard InChI is InChI=1S/C69H131NO5/c1-3-5-7-9-11-13-15-17-19-21-27-30-33-37-41-45-49-53-57-61-67(72)66(65-71)70-68(73)62-58-54-50-46-42-38-34-31-28-25-23-22-24-26-29-32-36-40-44-48-52-56-60-64-75-69(74)63-59-55-51-47-43-39-35-20-18-16-14-12-10-8-6-4-2/h22,24-25,28,57,61,66-67,71-72H,3-21,23,26-27,29-56,58-60,62-65H2,1-2H3,(H,70,73)/b24-22-,28-25-,61-57+. The summed E-state index contributed by atoms with van der Waals surface area (Å²) in [5, 5.41) is 23.2. The highest BCUT2D eigenvalue weighted by Gasteiger charge is 2.18. The highest BCUT2D eigenvalue weighted by molar-refractivity contribution is 5.76. The van der Waals surface area contributed by atoms with Gasteiger partial charge in [-0.15, -0.1) is 0 Å². The number of carbonyl (C=O) groups excluding carboxylic acids is 2. The van der Waals surface area contributed by atoms with E-state index in [0.29, 0.717) is 19.4 Å². The summed E-state index contributed by atoms with van der Waals surface area (Å²) >= 11 is 0. The van der Waals surface area contributed by atoms with Crippen LogP contribution in [0.3, 0.4) is 0 Å². The monoisotopic (exact) mass is 1050 g/mol.